The summed E-state index contributed by atoms with van der Waals surface area (Å²) in [5.41, 5.74) is -1.52. The average molecular weight is 368 g/mol. The molecule has 0 radical (unpaired) electrons. The highest BCUT2D eigenvalue weighted by Crippen LogP contribution is 2.32. The number of nitrogens with zero attached hydrogens (tertiary/aromatic N) is 1. The Balaban J connectivity index is 2.08. The Hall–Kier alpha value is -1.68. The van der Waals surface area contributed by atoms with E-state index >= 15 is 0 Å². The first kappa shape index (κ1) is 18.7. The molecule has 1 aromatic rings. The second kappa shape index (κ2) is 6.67. The fourth-order valence-electron chi connectivity index (χ4n) is 2.52. The van der Waals surface area contributed by atoms with E-state index in [1.165, 1.54) is 4.31 Å². The molecule has 0 saturated carbocycles. The van der Waals surface area contributed by atoms with Crippen LogP contribution < -0.4 is 5.32 Å². The highest BCUT2D eigenvalue weighted by Gasteiger charge is 2.34. The molecule has 0 aliphatic carbocycles. The van der Waals surface area contributed by atoms with Crippen molar-refractivity contribution >= 4 is 21.6 Å². The van der Waals surface area contributed by atoms with Gasteiger partial charge in [-0.1, -0.05) is 0 Å². The van der Waals surface area contributed by atoms with Gasteiger partial charge in [-0.15, -0.1) is 0 Å². The van der Waals surface area contributed by atoms with Crippen molar-refractivity contribution in [3.05, 3.63) is 29.6 Å². The predicted octanol–water partition coefficient (Wildman–Crippen LogP) is 2.45. The van der Waals surface area contributed by atoms with Crippen molar-refractivity contribution < 1.29 is 30.8 Å². The van der Waals surface area contributed by atoms with Gasteiger partial charge in [-0.2, -0.15) is 13.2 Å². The summed E-state index contributed by atoms with van der Waals surface area (Å²) < 4.78 is 75.2. The molecule has 10 heteroatoms. The zero-order valence-electron chi connectivity index (χ0n) is 12.7. The third-order valence-electron chi connectivity index (χ3n) is 3.77. The zero-order valence-corrected chi connectivity index (χ0v) is 13.5. The number of sulfonamides is 1. The van der Waals surface area contributed by atoms with Crippen LogP contribution >= 0.6 is 0 Å². The number of nitrogens with one attached hydrogen (secondary N) is 1. The fraction of sp³-hybridized carbons (Fsp3) is 0.500. The average Bonchev–Trinajstić information content (AvgIpc) is 2.45. The van der Waals surface area contributed by atoms with Crippen LogP contribution in [-0.2, 0) is 21.0 Å². The van der Waals surface area contributed by atoms with Gasteiger partial charge in [-0.25, -0.2) is 17.1 Å². The summed E-state index contributed by atoms with van der Waals surface area (Å²) in [7, 11) is -3.43. The zero-order chi connectivity index (χ0) is 18.1. The largest absolute Gasteiger partial charge is 0.419 e. The molecule has 1 aliphatic rings. The minimum atomic E-state index is -4.81. The number of carbonyl (C=O) groups excluding carboxylic acids is 1. The van der Waals surface area contributed by atoms with Gasteiger partial charge in [0.15, 0.2) is 0 Å². The van der Waals surface area contributed by atoms with Crippen LogP contribution in [-0.4, -0.2) is 38.0 Å². The Kier molecular flexibility index (Phi) is 5.19. The van der Waals surface area contributed by atoms with Crippen LogP contribution in [0.15, 0.2) is 18.2 Å². The van der Waals surface area contributed by atoms with Crippen LogP contribution in [0.5, 0.6) is 0 Å². The summed E-state index contributed by atoms with van der Waals surface area (Å²) in [4.78, 5) is 12.2. The first-order chi connectivity index (χ1) is 11.0. The van der Waals surface area contributed by atoms with Crippen molar-refractivity contribution in [2.75, 3.05) is 24.7 Å². The number of benzene rings is 1. The Morgan fingerprint density at radius 1 is 1.33 bits per heavy atom. The summed E-state index contributed by atoms with van der Waals surface area (Å²) in [6.45, 7) is 0.311. The molecule has 1 heterocycles. The lowest BCUT2D eigenvalue weighted by atomic mass is 9.98. The van der Waals surface area contributed by atoms with Gasteiger partial charge >= 0.3 is 6.18 Å². The second-order valence-corrected chi connectivity index (χ2v) is 7.62. The lowest BCUT2D eigenvalue weighted by Crippen LogP contribution is -2.43. The van der Waals surface area contributed by atoms with E-state index in [1.807, 2.05) is 0 Å². The maximum Gasteiger partial charge on any atom is 0.419 e. The van der Waals surface area contributed by atoms with E-state index in [-0.39, 0.29) is 12.2 Å². The summed E-state index contributed by atoms with van der Waals surface area (Å²) >= 11 is 0. The fourth-order valence-corrected chi connectivity index (χ4v) is 3.44. The van der Waals surface area contributed by atoms with E-state index in [1.54, 1.807) is 0 Å². The monoisotopic (exact) mass is 368 g/mol. The first-order valence-electron chi connectivity index (χ1n) is 7.11. The standard InChI is InChI=1S/C14H16F4N2O3S/c1-24(22,23)20-6-2-3-9(8-20)13(21)19-10-4-5-11(12(15)7-10)14(16,17)18/h4-5,7,9H,2-3,6,8H2,1H3,(H,19,21)/t9-/m0/s1. The van der Waals surface area contributed by atoms with Gasteiger partial charge in [0.1, 0.15) is 5.82 Å². The minimum Gasteiger partial charge on any atom is -0.326 e. The maximum atomic E-state index is 13.5. The summed E-state index contributed by atoms with van der Waals surface area (Å²) in [5, 5.41) is 2.34. The molecule has 1 amide bonds. The third kappa shape index (κ3) is 4.44. The predicted molar refractivity (Wildman–Crippen MR) is 79.2 cm³/mol. The number of alkyl halides is 3. The molecule has 0 spiro atoms. The van der Waals surface area contributed by atoms with Gasteiger partial charge in [0.05, 0.1) is 17.7 Å². The van der Waals surface area contributed by atoms with Crippen molar-refractivity contribution in [1.82, 2.24) is 4.31 Å². The van der Waals surface area contributed by atoms with Crippen LogP contribution in [0.3, 0.4) is 0 Å². The summed E-state index contributed by atoms with van der Waals surface area (Å²) in [6, 6.07) is 2.10. The van der Waals surface area contributed by atoms with Gasteiger partial charge < -0.3 is 5.32 Å². The first-order valence-corrected chi connectivity index (χ1v) is 8.96. The molecule has 0 aromatic heterocycles. The highest BCUT2D eigenvalue weighted by molar-refractivity contribution is 7.88. The van der Waals surface area contributed by atoms with E-state index < -0.39 is 39.4 Å². The number of piperidine rings is 1. The SMILES string of the molecule is CS(=O)(=O)N1CCC[C@H](C(=O)Nc2ccc(C(F)(F)F)c(F)c2)C1. The molecular weight excluding hydrogens is 352 g/mol. The van der Waals surface area contributed by atoms with E-state index in [2.05, 4.69) is 5.32 Å². The second-order valence-electron chi connectivity index (χ2n) is 5.64. The van der Waals surface area contributed by atoms with Crippen molar-refractivity contribution in [2.24, 2.45) is 5.92 Å². The molecule has 0 bridgehead atoms. The van der Waals surface area contributed by atoms with Gasteiger partial charge in [-0.3, -0.25) is 4.79 Å². The van der Waals surface area contributed by atoms with Crippen LogP contribution in [0.2, 0.25) is 0 Å². The number of anilines is 1. The number of hydrogen-bond donors (Lipinski definition) is 1. The van der Waals surface area contributed by atoms with Crippen LogP contribution in [0.4, 0.5) is 23.2 Å². The van der Waals surface area contributed by atoms with E-state index in [0.717, 1.165) is 12.3 Å². The smallest absolute Gasteiger partial charge is 0.326 e. The molecule has 1 N–H and O–H groups in total. The van der Waals surface area contributed by atoms with E-state index in [0.29, 0.717) is 31.5 Å². The number of halogens is 4. The molecule has 134 valence electrons. The minimum absolute atomic E-state index is 0.00617. The van der Waals surface area contributed by atoms with Crippen molar-refractivity contribution in [3.8, 4) is 0 Å². The Bertz CT molecular complexity index is 734. The van der Waals surface area contributed by atoms with Gasteiger partial charge in [0.25, 0.3) is 0 Å². The van der Waals surface area contributed by atoms with Gasteiger partial charge in [0.2, 0.25) is 15.9 Å². The Labute approximate surface area is 136 Å². The Morgan fingerprint density at radius 3 is 2.54 bits per heavy atom. The lowest BCUT2D eigenvalue weighted by molar-refractivity contribution is -0.140. The number of hydrogen-bond acceptors (Lipinski definition) is 3. The van der Waals surface area contributed by atoms with Crippen LogP contribution in [0.1, 0.15) is 18.4 Å². The highest BCUT2D eigenvalue weighted by atomic mass is 32.2. The number of amides is 1. The number of carbonyl (C=O) groups is 1. The third-order valence-corrected chi connectivity index (χ3v) is 5.04. The molecule has 1 saturated heterocycles. The van der Waals surface area contributed by atoms with Crippen molar-refractivity contribution in [1.29, 1.82) is 0 Å². The summed E-state index contributed by atoms with van der Waals surface area (Å²) in [6.07, 6.45) is -2.84. The van der Waals surface area contributed by atoms with Crippen LogP contribution in [0.25, 0.3) is 0 Å². The van der Waals surface area contributed by atoms with Gasteiger partial charge in [0, 0.05) is 18.8 Å². The molecule has 1 aromatic carbocycles. The molecular formula is C14H16F4N2O3S. The Morgan fingerprint density at radius 2 is 2.00 bits per heavy atom. The van der Waals surface area contributed by atoms with E-state index in [9.17, 15) is 30.8 Å². The van der Waals surface area contributed by atoms with Crippen molar-refractivity contribution in [2.45, 2.75) is 19.0 Å². The molecule has 1 fully saturated rings. The normalized spacial score (nSPS) is 20.0. The molecule has 2 rings (SSSR count). The van der Waals surface area contributed by atoms with E-state index in [4.69, 9.17) is 0 Å². The summed E-state index contributed by atoms with van der Waals surface area (Å²) in [5.74, 6) is -2.68. The van der Waals surface area contributed by atoms with Crippen molar-refractivity contribution in [3.63, 3.8) is 0 Å². The molecule has 0 unspecified atom stereocenters. The molecule has 5 nitrogen and oxygen atoms in total. The lowest BCUT2D eigenvalue weighted by Gasteiger charge is -2.30. The molecule has 24 heavy (non-hydrogen) atoms. The molecule has 1 atom stereocenters. The topological polar surface area (TPSA) is 66.5 Å². The maximum absolute atomic E-state index is 13.5. The quantitative estimate of drug-likeness (QED) is 0.834. The van der Waals surface area contributed by atoms with Gasteiger partial charge in [-0.05, 0) is 31.0 Å². The number of rotatable bonds is 3. The van der Waals surface area contributed by atoms with Crippen LogP contribution in [0, 0.1) is 11.7 Å². The molecule has 1 aliphatic heterocycles.